The second kappa shape index (κ2) is 4.89. The van der Waals surface area contributed by atoms with Crippen LogP contribution in [0.3, 0.4) is 0 Å². The number of halogens is 3. The summed E-state index contributed by atoms with van der Waals surface area (Å²) in [7, 11) is 0. The smallest absolute Gasteiger partial charge is 0.169 e. The molecule has 17 heavy (non-hydrogen) atoms. The van der Waals surface area contributed by atoms with Gasteiger partial charge in [-0.15, -0.1) is 10.2 Å². The van der Waals surface area contributed by atoms with Crippen LogP contribution in [0.5, 0.6) is 0 Å². The van der Waals surface area contributed by atoms with Crippen LogP contribution in [0.2, 0.25) is 15.2 Å². The largest absolute Gasteiger partial charge is 0.192 e. The molecular formula is C11H4Cl3N3. The molecule has 0 N–H and O–H groups in total. The summed E-state index contributed by atoms with van der Waals surface area (Å²) in [5.41, 5.74) is 1.38. The van der Waals surface area contributed by atoms with E-state index >= 15 is 0 Å². The Morgan fingerprint density at radius 1 is 1.06 bits per heavy atom. The van der Waals surface area contributed by atoms with Gasteiger partial charge < -0.3 is 0 Å². The predicted molar refractivity (Wildman–Crippen MR) is 67.2 cm³/mol. The third-order valence-corrected chi connectivity index (χ3v) is 2.90. The second-order valence-electron chi connectivity index (χ2n) is 3.17. The van der Waals surface area contributed by atoms with Gasteiger partial charge in [0, 0.05) is 10.6 Å². The molecule has 0 spiro atoms. The first-order valence-electron chi connectivity index (χ1n) is 4.50. The lowest BCUT2D eigenvalue weighted by Crippen LogP contribution is -1.92. The van der Waals surface area contributed by atoms with E-state index in [2.05, 4.69) is 10.2 Å². The van der Waals surface area contributed by atoms with Gasteiger partial charge in [-0.25, -0.2) is 0 Å². The van der Waals surface area contributed by atoms with Crippen LogP contribution < -0.4 is 0 Å². The maximum absolute atomic E-state index is 8.85. The zero-order valence-electron chi connectivity index (χ0n) is 8.28. The Kier molecular flexibility index (Phi) is 3.49. The van der Waals surface area contributed by atoms with Gasteiger partial charge in [-0.05, 0) is 24.3 Å². The van der Waals surface area contributed by atoms with E-state index in [0.29, 0.717) is 21.3 Å². The van der Waals surface area contributed by atoms with Gasteiger partial charge in [0.1, 0.15) is 6.07 Å². The molecule has 1 aromatic carbocycles. The Balaban J connectivity index is 2.58. The van der Waals surface area contributed by atoms with Gasteiger partial charge >= 0.3 is 0 Å². The van der Waals surface area contributed by atoms with Crippen LogP contribution in [-0.4, -0.2) is 10.2 Å². The zero-order chi connectivity index (χ0) is 12.4. The number of nitrogens with zero attached hydrogens (tertiary/aromatic N) is 3. The fourth-order valence-corrected chi connectivity index (χ4v) is 1.92. The van der Waals surface area contributed by atoms with Gasteiger partial charge in [-0.3, -0.25) is 0 Å². The van der Waals surface area contributed by atoms with E-state index in [9.17, 15) is 0 Å². The van der Waals surface area contributed by atoms with Crippen LogP contribution in [-0.2, 0) is 0 Å². The van der Waals surface area contributed by atoms with E-state index in [1.54, 1.807) is 18.2 Å². The van der Waals surface area contributed by atoms with Crippen molar-refractivity contribution in [3.63, 3.8) is 0 Å². The Morgan fingerprint density at radius 2 is 1.82 bits per heavy atom. The molecule has 0 aliphatic rings. The fraction of sp³-hybridized carbons (Fsp3) is 0. The van der Waals surface area contributed by atoms with E-state index in [1.165, 1.54) is 6.07 Å². The lowest BCUT2D eigenvalue weighted by molar-refractivity contribution is 1.03. The Hall–Kier alpha value is -1.34. The summed E-state index contributed by atoms with van der Waals surface area (Å²) in [5, 5.41) is 17.5. The maximum atomic E-state index is 8.85. The summed E-state index contributed by atoms with van der Waals surface area (Å²) in [6, 6.07) is 8.46. The highest BCUT2D eigenvalue weighted by molar-refractivity contribution is 6.36. The minimum absolute atomic E-state index is 0.0707. The topological polar surface area (TPSA) is 49.6 Å². The Labute approximate surface area is 113 Å². The van der Waals surface area contributed by atoms with Crippen LogP contribution in [0, 0.1) is 11.3 Å². The highest BCUT2D eigenvalue weighted by atomic mass is 35.5. The highest BCUT2D eigenvalue weighted by Gasteiger charge is 2.09. The van der Waals surface area contributed by atoms with Crippen LogP contribution in [0.25, 0.3) is 11.3 Å². The predicted octanol–water partition coefficient (Wildman–Crippen LogP) is 3.98. The molecule has 0 aliphatic heterocycles. The highest BCUT2D eigenvalue weighted by Crippen LogP contribution is 2.29. The van der Waals surface area contributed by atoms with Gasteiger partial charge in [0.05, 0.1) is 16.3 Å². The first-order valence-corrected chi connectivity index (χ1v) is 5.64. The van der Waals surface area contributed by atoms with E-state index in [1.807, 2.05) is 6.07 Å². The van der Waals surface area contributed by atoms with Gasteiger partial charge in [-0.2, -0.15) is 5.26 Å². The molecule has 3 nitrogen and oxygen atoms in total. The molecule has 0 radical (unpaired) electrons. The minimum Gasteiger partial charge on any atom is -0.192 e. The normalized spacial score (nSPS) is 10.0. The van der Waals surface area contributed by atoms with Crippen molar-refractivity contribution in [2.45, 2.75) is 0 Å². The molecule has 1 aromatic heterocycles. The molecule has 0 fully saturated rings. The number of aromatic nitrogens is 2. The van der Waals surface area contributed by atoms with Gasteiger partial charge in [-0.1, -0.05) is 34.8 Å². The molecule has 0 unspecified atom stereocenters. The number of hydrogen-bond donors (Lipinski definition) is 0. The van der Waals surface area contributed by atoms with Crippen molar-refractivity contribution in [2.24, 2.45) is 0 Å². The van der Waals surface area contributed by atoms with Crippen molar-refractivity contribution in [1.82, 2.24) is 10.2 Å². The zero-order valence-corrected chi connectivity index (χ0v) is 10.6. The van der Waals surface area contributed by atoms with E-state index in [0.717, 1.165) is 0 Å². The molecule has 2 aromatic rings. The van der Waals surface area contributed by atoms with E-state index in [4.69, 9.17) is 40.1 Å². The van der Waals surface area contributed by atoms with Crippen molar-refractivity contribution < 1.29 is 0 Å². The van der Waals surface area contributed by atoms with Gasteiger partial charge in [0.25, 0.3) is 0 Å². The first kappa shape index (κ1) is 12.1. The van der Waals surface area contributed by atoms with Crippen LogP contribution >= 0.6 is 34.8 Å². The lowest BCUT2D eigenvalue weighted by atomic mass is 10.1. The average Bonchev–Trinajstić information content (AvgIpc) is 2.30. The van der Waals surface area contributed by atoms with Crippen LogP contribution in [0.1, 0.15) is 5.56 Å². The van der Waals surface area contributed by atoms with Gasteiger partial charge in [0.15, 0.2) is 5.15 Å². The molecule has 0 saturated heterocycles. The number of rotatable bonds is 1. The van der Waals surface area contributed by atoms with Crippen molar-refractivity contribution in [3.8, 4) is 17.3 Å². The third kappa shape index (κ3) is 2.50. The first-order chi connectivity index (χ1) is 8.11. The van der Waals surface area contributed by atoms with E-state index in [-0.39, 0.29) is 10.7 Å². The van der Waals surface area contributed by atoms with Crippen molar-refractivity contribution in [2.75, 3.05) is 0 Å². The lowest BCUT2D eigenvalue weighted by Gasteiger charge is -2.04. The molecule has 0 aliphatic carbocycles. The number of benzene rings is 1. The summed E-state index contributed by atoms with van der Waals surface area (Å²) in [6.45, 7) is 0. The monoisotopic (exact) mass is 283 g/mol. The molecule has 1 heterocycles. The molecular weight excluding hydrogens is 281 g/mol. The molecule has 0 saturated carbocycles. The maximum Gasteiger partial charge on any atom is 0.169 e. The average molecular weight is 285 g/mol. The van der Waals surface area contributed by atoms with E-state index < -0.39 is 0 Å². The van der Waals surface area contributed by atoms with Crippen molar-refractivity contribution >= 4 is 34.8 Å². The molecule has 0 amide bonds. The standard InChI is InChI=1S/C11H4Cl3N3/c12-7-1-2-8(9(13)4-7)10-3-6(5-15)11(14)17-16-10/h1-4H. The Bertz CT molecular complexity index is 620. The minimum atomic E-state index is 0.0707. The molecule has 84 valence electrons. The molecule has 2 rings (SSSR count). The fourth-order valence-electron chi connectivity index (χ4n) is 1.28. The summed E-state index contributed by atoms with van der Waals surface area (Å²) < 4.78 is 0. The summed E-state index contributed by atoms with van der Waals surface area (Å²) in [4.78, 5) is 0. The van der Waals surface area contributed by atoms with Gasteiger partial charge in [0.2, 0.25) is 0 Å². The van der Waals surface area contributed by atoms with Crippen molar-refractivity contribution in [3.05, 3.63) is 45.0 Å². The summed E-state index contributed by atoms with van der Waals surface area (Å²) in [5.74, 6) is 0. The van der Waals surface area contributed by atoms with Crippen molar-refractivity contribution in [1.29, 1.82) is 5.26 Å². The summed E-state index contributed by atoms with van der Waals surface area (Å²) >= 11 is 17.5. The molecule has 0 bridgehead atoms. The molecule has 0 atom stereocenters. The Morgan fingerprint density at radius 3 is 2.47 bits per heavy atom. The molecule has 6 heteroatoms. The SMILES string of the molecule is N#Cc1cc(-c2ccc(Cl)cc2Cl)nnc1Cl. The second-order valence-corrected chi connectivity index (χ2v) is 4.37. The quantitative estimate of drug-likeness (QED) is 0.796. The van der Waals surface area contributed by atoms with Crippen LogP contribution in [0.4, 0.5) is 0 Å². The number of hydrogen-bond acceptors (Lipinski definition) is 3. The third-order valence-electron chi connectivity index (χ3n) is 2.08. The number of nitriles is 1. The summed E-state index contributed by atoms with van der Waals surface area (Å²) in [6.07, 6.45) is 0. The van der Waals surface area contributed by atoms with Crippen LogP contribution in [0.15, 0.2) is 24.3 Å².